The van der Waals surface area contributed by atoms with Crippen molar-refractivity contribution in [2.75, 3.05) is 6.61 Å². The first kappa shape index (κ1) is 5.34. The van der Waals surface area contributed by atoms with Crippen LogP contribution in [-0.2, 0) is 9.47 Å². The van der Waals surface area contributed by atoms with E-state index in [1.165, 1.54) is 23.6 Å². The van der Waals surface area contributed by atoms with E-state index in [4.69, 9.17) is 4.74 Å². The van der Waals surface area contributed by atoms with Gasteiger partial charge in [-0.15, -0.1) is 0 Å². The lowest BCUT2D eigenvalue weighted by Gasteiger charge is -2.10. The monoisotopic (exact) mass is 139 g/mol. The second-order valence-electron chi connectivity index (χ2n) is 1.96. The van der Waals surface area contributed by atoms with Gasteiger partial charge < -0.3 is 9.47 Å². The Bertz CT molecular complexity index is 231. The van der Waals surface area contributed by atoms with Gasteiger partial charge in [0.15, 0.2) is 0 Å². The van der Waals surface area contributed by atoms with Gasteiger partial charge >= 0.3 is 6.09 Å². The Kier molecular flexibility index (Phi) is 0.943. The van der Waals surface area contributed by atoms with Gasteiger partial charge in [-0.3, -0.25) is 0 Å². The molecule has 0 radical (unpaired) electrons. The Labute approximate surface area is 57.3 Å². The third kappa shape index (κ3) is 0.586. The van der Waals surface area contributed by atoms with E-state index in [0.717, 1.165) is 5.70 Å². The minimum absolute atomic E-state index is 0.309. The Morgan fingerprint density at radius 1 is 1.60 bits per heavy atom. The van der Waals surface area contributed by atoms with Crippen molar-refractivity contribution < 1.29 is 14.3 Å². The topological polar surface area (TPSA) is 38.8 Å². The Balaban J connectivity index is 2.32. The van der Waals surface area contributed by atoms with Crippen LogP contribution in [0.4, 0.5) is 4.79 Å². The molecule has 0 aromatic rings. The molecule has 2 aliphatic rings. The highest BCUT2D eigenvalue weighted by Gasteiger charge is 2.27. The Morgan fingerprint density at radius 3 is 3.30 bits per heavy atom. The second-order valence-corrected chi connectivity index (χ2v) is 1.96. The van der Waals surface area contributed by atoms with Crippen LogP contribution in [-0.4, -0.2) is 17.6 Å². The van der Waals surface area contributed by atoms with Gasteiger partial charge in [-0.2, -0.15) is 0 Å². The van der Waals surface area contributed by atoms with Crippen LogP contribution in [0, 0.1) is 0 Å². The largest absolute Gasteiger partial charge is 0.469 e. The molecular formula is C6H5NO3. The quantitative estimate of drug-likeness (QED) is 0.497. The summed E-state index contributed by atoms with van der Waals surface area (Å²) in [5.74, 6) is 0. The molecule has 52 valence electrons. The van der Waals surface area contributed by atoms with Crippen LogP contribution in [0.25, 0.3) is 0 Å². The molecule has 0 spiro atoms. The minimum atomic E-state index is -0.342. The summed E-state index contributed by atoms with van der Waals surface area (Å²) in [5, 5.41) is 0. The van der Waals surface area contributed by atoms with Gasteiger partial charge in [0.25, 0.3) is 0 Å². The van der Waals surface area contributed by atoms with Crippen LogP contribution >= 0.6 is 0 Å². The summed E-state index contributed by atoms with van der Waals surface area (Å²) in [6.45, 7) is 0.309. The summed E-state index contributed by atoms with van der Waals surface area (Å²) in [4.78, 5) is 12.2. The predicted octanol–water partition coefficient (Wildman–Crippen LogP) is 0.781. The first-order valence-electron chi connectivity index (χ1n) is 2.85. The molecule has 0 unspecified atom stereocenters. The summed E-state index contributed by atoms with van der Waals surface area (Å²) >= 11 is 0. The lowest BCUT2D eigenvalue weighted by molar-refractivity contribution is 0.165. The zero-order valence-electron chi connectivity index (χ0n) is 5.11. The summed E-state index contributed by atoms with van der Waals surface area (Å²) in [7, 11) is 0. The van der Waals surface area contributed by atoms with Gasteiger partial charge in [0.1, 0.15) is 24.8 Å². The molecule has 1 amide bonds. The molecule has 4 nitrogen and oxygen atoms in total. The number of hydrogen-bond acceptors (Lipinski definition) is 3. The van der Waals surface area contributed by atoms with Crippen molar-refractivity contribution in [1.82, 2.24) is 4.90 Å². The zero-order chi connectivity index (χ0) is 6.97. The van der Waals surface area contributed by atoms with E-state index >= 15 is 0 Å². The molecule has 0 saturated carbocycles. The van der Waals surface area contributed by atoms with Gasteiger partial charge in [0.2, 0.25) is 0 Å². The van der Waals surface area contributed by atoms with Crippen LogP contribution in [0.2, 0.25) is 0 Å². The normalized spacial score (nSPS) is 21.4. The van der Waals surface area contributed by atoms with Gasteiger partial charge in [0, 0.05) is 0 Å². The van der Waals surface area contributed by atoms with E-state index < -0.39 is 0 Å². The highest BCUT2D eigenvalue weighted by Crippen LogP contribution is 2.18. The summed E-state index contributed by atoms with van der Waals surface area (Å²) in [6.07, 6.45) is 4.11. The molecule has 0 aliphatic carbocycles. The molecular weight excluding hydrogens is 134 g/mol. The molecule has 4 heteroatoms. The Hall–Kier alpha value is -1.45. The summed E-state index contributed by atoms with van der Waals surface area (Å²) in [6, 6.07) is 0. The highest BCUT2D eigenvalue weighted by molar-refractivity contribution is 5.74. The number of cyclic esters (lactones) is 1. The summed E-state index contributed by atoms with van der Waals surface area (Å²) < 4.78 is 9.50. The van der Waals surface area contributed by atoms with Crippen LogP contribution in [0.1, 0.15) is 0 Å². The van der Waals surface area contributed by atoms with Crippen molar-refractivity contribution in [3.05, 3.63) is 24.4 Å². The van der Waals surface area contributed by atoms with Gasteiger partial charge in [-0.25, -0.2) is 9.69 Å². The average Bonchev–Trinajstić information content (AvgIpc) is 2.34. The highest BCUT2D eigenvalue weighted by atomic mass is 16.6. The van der Waals surface area contributed by atoms with Gasteiger partial charge in [0.05, 0.1) is 6.20 Å². The first-order valence-corrected chi connectivity index (χ1v) is 2.85. The maximum Gasteiger partial charge on any atom is 0.418 e. The number of hydrogen-bond donors (Lipinski definition) is 0. The fraction of sp³-hybridized carbons (Fsp3) is 0.167. The second kappa shape index (κ2) is 1.76. The van der Waals surface area contributed by atoms with E-state index in [1.807, 2.05) is 0 Å². The van der Waals surface area contributed by atoms with Crippen molar-refractivity contribution in [3.63, 3.8) is 0 Å². The standard InChI is InChI=1S/C6H5NO3/c8-6-7-1-2-9-3-5(7)4-10-6/h1-3H,4H2. The maximum atomic E-state index is 10.8. The lowest BCUT2D eigenvalue weighted by Crippen LogP contribution is -2.17. The third-order valence-corrected chi connectivity index (χ3v) is 1.34. The zero-order valence-corrected chi connectivity index (χ0v) is 5.11. The van der Waals surface area contributed by atoms with Crippen molar-refractivity contribution in [3.8, 4) is 0 Å². The fourth-order valence-corrected chi connectivity index (χ4v) is 0.853. The number of rotatable bonds is 0. The van der Waals surface area contributed by atoms with Crippen LogP contribution < -0.4 is 0 Å². The van der Waals surface area contributed by atoms with E-state index in [0.29, 0.717) is 6.61 Å². The third-order valence-electron chi connectivity index (χ3n) is 1.34. The molecule has 0 N–H and O–H groups in total. The van der Waals surface area contributed by atoms with E-state index in [-0.39, 0.29) is 6.09 Å². The lowest BCUT2D eigenvalue weighted by atomic mass is 10.5. The predicted molar refractivity (Wildman–Crippen MR) is 31.5 cm³/mol. The molecule has 1 saturated heterocycles. The van der Waals surface area contributed by atoms with Crippen molar-refractivity contribution in [2.24, 2.45) is 0 Å². The molecule has 2 heterocycles. The number of fused-ring (bicyclic) bond motifs is 1. The maximum absolute atomic E-state index is 10.8. The number of ether oxygens (including phenoxy) is 2. The molecule has 10 heavy (non-hydrogen) atoms. The average molecular weight is 139 g/mol. The van der Waals surface area contributed by atoms with Crippen molar-refractivity contribution in [1.29, 1.82) is 0 Å². The van der Waals surface area contributed by atoms with E-state index in [1.54, 1.807) is 0 Å². The number of nitrogens with zero attached hydrogens (tertiary/aromatic N) is 1. The number of amides is 1. The van der Waals surface area contributed by atoms with Gasteiger partial charge in [-0.05, 0) is 0 Å². The minimum Gasteiger partial charge on any atom is -0.469 e. The fourth-order valence-electron chi connectivity index (χ4n) is 0.853. The number of carbonyl (C=O) groups is 1. The van der Waals surface area contributed by atoms with Crippen LogP contribution in [0.5, 0.6) is 0 Å². The number of carbonyl (C=O) groups excluding carboxylic acids is 1. The van der Waals surface area contributed by atoms with Crippen LogP contribution in [0.3, 0.4) is 0 Å². The molecule has 0 aromatic carbocycles. The van der Waals surface area contributed by atoms with Crippen molar-refractivity contribution >= 4 is 6.09 Å². The van der Waals surface area contributed by atoms with E-state index in [2.05, 4.69) is 4.74 Å². The SMILES string of the molecule is O=C1OCC2=COC=CN12. The molecule has 0 bridgehead atoms. The summed E-state index contributed by atoms with van der Waals surface area (Å²) in [5.41, 5.74) is 0.743. The molecule has 0 aromatic heterocycles. The molecule has 2 rings (SSSR count). The molecule has 2 aliphatic heterocycles. The van der Waals surface area contributed by atoms with Gasteiger partial charge in [-0.1, -0.05) is 0 Å². The molecule has 0 atom stereocenters. The Morgan fingerprint density at radius 2 is 2.50 bits per heavy atom. The smallest absolute Gasteiger partial charge is 0.418 e. The van der Waals surface area contributed by atoms with E-state index in [9.17, 15) is 4.79 Å². The van der Waals surface area contributed by atoms with Crippen LogP contribution in [0.15, 0.2) is 24.4 Å². The molecule has 1 fully saturated rings. The first-order chi connectivity index (χ1) is 4.88. The van der Waals surface area contributed by atoms with Crippen molar-refractivity contribution in [2.45, 2.75) is 0 Å².